The van der Waals surface area contributed by atoms with Gasteiger partial charge in [-0.15, -0.1) is 0 Å². The molecule has 0 aliphatic heterocycles. The largest absolute Gasteiger partial charge is 0.352 e. The fraction of sp³-hybridized carbons (Fsp3) is 0.250. The highest BCUT2D eigenvalue weighted by Crippen LogP contribution is 2.23. The van der Waals surface area contributed by atoms with Crippen molar-refractivity contribution in [3.8, 4) is 11.3 Å². The second kappa shape index (κ2) is 7.75. The molecule has 1 atom stereocenters. The van der Waals surface area contributed by atoms with Gasteiger partial charge in [0.15, 0.2) is 0 Å². The average molecular weight is 333 g/mol. The minimum absolute atomic E-state index is 0.302. The van der Waals surface area contributed by atoms with Crippen molar-refractivity contribution in [2.45, 2.75) is 33.2 Å². The van der Waals surface area contributed by atoms with Crippen molar-refractivity contribution >= 4 is 17.5 Å². The second-order valence-electron chi connectivity index (χ2n) is 6.15. The molecular weight excluding hydrogens is 310 g/mol. The molecule has 3 rings (SSSR count). The molecule has 0 saturated carbocycles. The van der Waals surface area contributed by atoms with Crippen LogP contribution in [-0.4, -0.2) is 21.0 Å². The number of anilines is 3. The standard InChI is InChI=1S/C20H23N5/c1-4-15(3)22-20-24-18(16-6-5-11-21-13-16)12-19(25-20)23-17-9-7-14(2)8-10-17/h5-13,15H,4H2,1-3H3,(H2,22,23,24,25)/t15-/m1/s1. The van der Waals surface area contributed by atoms with E-state index < -0.39 is 0 Å². The fourth-order valence-corrected chi connectivity index (χ4v) is 2.35. The van der Waals surface area contributed by atoms with Crippen molar-refractivity contribution < 1.29 is 0 Å². The smallest absolute Gasteiger partial charge is 0.225 e. The van der Waals surface area contributed by atoms with Crippen LogP contribution in [0.1, 0.15) is 25.8 Å². The third kappa shape index (κ3) is 4.53. The monoisotopic (exact) mass is 333 g/mol. The molecular formula is C20H23N5. The Kier molecular flexibility index (Phi) is 5.23. The Hall–Kier alpha value is -2.95. The molecule has 3 aromatic rings. The number of pyridine rings is 1. The highest BCUT2D eigenvalue weighted by Gasteiger charge is 2.09. The van der Waals surface area contributed by atoms with Crippen LogP contribution in [0, 0.1) is 6.92 Å². The molecule has 0 bridgehead atoms. The number of nitrogens with one attached hydrogen (secondary N) is 2. The molecule has 25 heavy (non-hydrogen) atoms. The summed E-state index contributed by atoms with van der Waals surface area (Å²) in [4.78, 5) is 13.4. The van der Waals surface area contributed by atoms with Gasteiger partial charge in [0, 0.05) is 35.8 Å². The third-order valence-electron chi connectivity index (χ3n) is 4.00. The molecule has 0 amide bonds. The van der Waals surface area contributed by atoms with E-state index >= 15 is 0 Å². The number of hydrogen-bond donors (Lipinski definition) is 2. The summed E-state index contributed by atoms with van der Waals surface area (Å²) >= 11 is 0. The van der Waals surface area contributed by atoms with Gasteiger partial charge < -0.3 is 10.6 Å². The first-order chi connectivity index (χ1) is 12.1. The molecule has 0 unspecified atom stereocenters. The fourth-order valence-electron chi connectivity index (χ4n) is 2.35. The lowest BCUT2D eigenvalue weighted by atomic mass is 10.2. The summed E-state index contributed by atoms with van der Waals surface area (Å²) in [5, 5.41) is 6.72. The summed E-state index contributed by atoms with van der Waals surface area (Å²) in [7, 11) is 0. The van der Waals surface area contributed by atoms with Crippen LogP contribution in [-0.2, 0) is 0 Å². The maximum atomic E-state index is 4.65. The summed E-state index contributed by atoms with van der Waals surface area (Å²) in [5.74, 6) is 1.37. The zero-order valence-electron chi connectivity index (χ0n) is 14.8. The maximum Gasteiger partial charge on any atom is 0.225 e. The minimum Gasteiger partial charge on any atom is -0.352 e. The third-order valence-corrected chi connectivity index (χ3v) is 4.00. The van der Waals surface area contributed by atoms with Gasteiger partial charge in [0.1, 0.15) is 5.82 Å². The molecule has 5 nitrogen and oxygen atoms in total. The molecule has 5 heteroatoms. The van der Waals surface area contributed by atoms with E-state index in [9.17, 15) is 0 Å². The van der Waals surface area contributed by atoms with Crippen LogP contribution in [0.25, 0.3) is 11.3 Å². The highest BCUT2D eigenvalue weighted by atomic mass is 15.2. The summed E-state index contributed by atoms with van der Waals surface area (Å²) in [6, 6.07) is 14.4. The first-order valence-corrected chi connectivity index (χ1v) is 8.53. The van der Waals surface area contributed by atoms with Gasteiger partial charge in [0.05, 0.1) is 5.69 Å². The molecule has 0 spiro atoms. The van der Waals surface area contributed by atoms with E-state index in [1.54, 1.807) is 6.20 Å². The van der Waals surface area contributed by atoms with Crippen molar-refractivity contribution in [1.29, 1.82) is 0 Å². The van der Waals surface area contributed by atoms with Crippen molar-refractivity contribution in [3.63, 3.8) is 0 Å². The first kappa shape index (κ1) is 16.9. The van der Waals surface area contributed by atoms with E-state index in [2.05, 4.69) is 58.5 Å². The molecule has 2 heterocycles. The number of aryl methyl sites for hydroxylation is 1. The Balaban J connectivity index is 1.95. The first-order valence-electron chi connectivity index (χ1n) is 8.53. The second-order valence-corrected chi connectivity index (χ2v) is 6.15. The number of aromatic nitrogens is 3. The molecule has 0 saturated heterocycles. The van der Waals surface area contributed by atoms with E-state index in [1.165, 1.54) is 5.56 Å². The highest BCUT2D eigenvalue weighted by molar-refractivity contribution is 5.66. The molecule has 0 fully saturated rings. The van der Waals surface area contributed by atoms with Crippen LogP contribution in [0.2, 0.25) is 0 Å². The zero-order valence-corrected chi connectivity index (χ0v) is 14.8. The normalized spacial score (nSPS) is 11.8. The number of hydrogen-bond acceptors (Lipinski definition) is 5. The van der Waals surface area contributed by atoms with Crippen LogP contribution in [0.5, 0.6) is 0 Å². The van der Waals surface area contributed by atoms with E-state index in [1.807, 2.05) is 36.5 Å². The molecule has 128 valence electrons. The van der Waals surface area contributed by atoms with Crippen LogP contribution < -0.4 is 10.6 Å². The van der Waals surface area contributed by atoms with Crippen LogP contribution in [0.15, 0.2) is 54.9 Å². The van der Waals surface area contributed by atoms with Crippen molar-refractivity contribution in [3.05, 3.63) is 60.4 Å². The maximum absolute atomic E-state index is 4.65. The average Bonchev–Trinajstić information content (AvgIpc) is 2.64. The molecule has 1 aromatic carbocycles. The molecule has 0 aliphatic rings. The van der Waals surface area contributed by atoms with Crippen molar-refractivity contribution in [2.75, 3.05) is 10.6 Å². The molecule has 0 radical (unpaired) electrons. The predicted molar refractivity (Wildman–Crippen MR) is 103 cm³/mol. The van der Waals surface area contributed by atoms with E-state index in [0.29, 0.717) is 12.0 Å². The Labute approximate surface area is 148 Å². The van der Waals surface area contributed by atoms with Crippen LogP contribution in [0.4, 0.5) is 17.5 Å². The Bertz CT molecular complexity index is 815. The van der Waals surface area contributed by atoms with Crippen molar-refractivity contribution in [1.82, 2.24) is 15.0 Å². The Morgan fingerprint density at radius 3 is 2.56 bits per heavy atom. The van der Waals surface area contributed by atoms with Gasteiger partial charge in [-0.25, -0.2) is 4.98 Å². The van der Waals surface area contributed by atoms with Gasteiger partial charge in [0.2, 0.25) is 5.95 Å². The summed E-state index contributed by atoms with van der Waals surface area (Å²) in [6.07, 6.45) is 4.57. The Morgan fingerprint density at radius 2 is 1.88 bits per heavy atom. The van der Waals surface area contributed by atoms with Crippen LogP contribution in [0.3, 0.4) is 0 Å². The van der Waals surface area contributed by atoms with Crippen molar-refractivity contribution in [2.24, 2.45) is 0 Å². The molecule has 2 N–H and O–H groups in total. The van der Waals surface area contributed by atoms with Crippen LogP contribution >= 0.6 is 0 Å². The summed E-state index contributed by atoms with van der Waals surface area (Å²) < 4.78 is 0. The van der Waals surface area contributed by atoms with E-state index in [0.717, 1.165) is 29.2 Å². The molecule has 2 aromatic heterocycles. The van der Waals surface area contributed by atoms with E-state index in [4.69, 9.17) is 0 Å². The SMILES string of the molecule is CC[C@@H](C)Nc1nc(Nc2ccc(C)cc2)cc(-c2cccnc2)n1. The Morgan fingerprint density at radius 1 is 1.08 bits per heavy atom. The zero-order chi connectivity index (χ0) is 17.6. The van der Waals surface area contributed by atoms with Gasteiger partial charge in [0.25, 0.3) is 0 Å². The van der Waals surface area contributed by atoms with E-state index in [-0.39, 0.29) is 0 Å². The lowest BCUT2D eigenvalue weighted by molar-refractivity contribution is 0.753. The number of benzene rings is 1. The quantitative estimate of drug-likeness (QED) is 0.678. The van der Waals surface area contributed by atoms with Gasteiger partial charge in [-0.3, -0.25) is 4.98 Å². The number of nitrogens with zero attached hydrogens (tertiary/aromatic N) is 3. The minimum atomic E-state index is 0.302. The van der Waals surface area contributed by atoms with Gasteiger partial charge in [-0.1, -0.05) is 24.6 Å². The molecule has 0 aliphatic carbocycles. The van der Waals surface area contributed by atoms with Gasteiger partial charge in [-0.2, -0.15) is 4.98 Å². The topological polar surface area (TPSA) is 62.7 Å². The summed E-state index contributed by atoms with van der Waals surface area (Å²) in [5.41, 5.74) is 4.02. The van der Waals surface area contributed by atoms with Gasteiger partial charge in [-0.05, 0) is 44.5 Å². The lowest BCUT2D eigenvalue weighted by Gasteiger charge is -2.14. The lowest BCUT2D eigenvalue weighted by Crippen LogP contribution is -2.16. The van der Waals surface area contributed by atoms with Gasteiger partial charge >= 0.3 is 0 Å². The number of rotatable bonds is 6. The predicted octanol–water partition coefficient (Wildman–Crippen LogP) is 4.80. The summed E-state index contributed by atoms with van der Waals surface area (Å²) in [6.45, 7) is 6.32.